The monoisotopic (exact) mass is 248 g/mol. The van der Waals surface area contributed by atoms with E-state index in [4.69, 9.17) is 9.47 Å². The van der Waals surface area contributed by atoms with Gasteiger partial charge < -0.3 is 14.4 Å². The van der Waals surface area contributed by atoms with Crippen LogP contribution in [-0.4, -0.2) is 43.9 Å². The number of methoxy groups -OCH3 is 1. The normalized spacial score (nSPS) is 16.8. The van der Waals surface area contributed by atoms with Gasteiger partial charge in [0.05, 0.1) is 6.10 Å². The summed E-state index contributed by atoms with van der Waals surface area (Å²) < 4.78 is 10.4. The molecule has 1 heterocycles. The number of hydrogen-bond acceptors (Lipinski definition) is 3. The van der Waals surface area contributed by atoms with Gasteiger partial charge in [0, 0.05) is 25.8 Å². The lowest BCUT2D eigenvalue weighted by molar-refractivity contribution is -0.0862. The summed E-state index contributed by atoms with van der Waals surface area (Å²) in [5.41, 5.74) is 0.727. The van der Waals surface area contributed by atoms with Crippen molar-refractivity contribution in [1.29, 1.82) is 0 Å². The van der Waals surface area contributed by atoms with E-state index in [0.29, 0.717) is 6.79 Å². The molecule has 4 nitrogen and oxygen atoms in total. The molecule has 1 aliphatic heterocycles. The molecule has 0 aliphatic carbocycles. The second-order valence-electron chi connectivity index (χ2n) is 4.35. The van der Waals surface area contributed by atoms with Crippen LogP contribution in [0, 0.1) is 6.07 Å². The molecule has 1 aromatic rings. The Balaban J connectivity index is 1.84. The molecule has 0 unspecified atom stereocenters. The summed E-state index contributed by atoms with van der Waals surface area (Å²) in [6.07, 6.45) is 1.94. The standard InChI is InChI=1S/C14H18NO3/c1-17-11-18-13-7-9-15(10-8-13)14(16)12-5-3-2-4-6-12/h3-6,13H,7-11H2,1H3. The maximum atomic E-state index is 12.2. The van der Waals surface area contributed by atoms with Crippen molar-refractivity contribution < 1.29 is 14.3 Å². The lowest BCUT2D eigenvalue weighted by Crippen LogP contribution is -2.41. The van der Waals surface area contributed by atoms with Gasteiger partial charge in [-0.2, -0.15) is 0 Å². The van der Waals surface area contributed by atoms with Crippen LogP contribution in [0.1, 0.15) is 23.2 Å². The van der Waals surface area contributed by atoms with Crippen molar-refractivity contribution in [2.75, 3.05) is 27.0 Å². The van der Waals surface area contributed by atoms with Gasteiger partial charge in [-0.3, -0.25) is 4.79 Å². The highest BCUT2D eigenvalue weighted by molar-refractivity contribution is 5.94. The number of carbonyl (C=O) groups excluding carboxylic acids is 1. The Morgan fingerprint density at radius 2 is 2.06 bits per heavy atom. The van der Waals surface area contributed by atoms with Crippen LogP contribution in [0.2, 0.25) is 0 Å². The number of benzene rings is 1. The molecule has 4 heteroatoms. The zero-order valence-corrected chi connectivity index (χ0v) is 10.6. The molecule has 2 rings (SSSR count). The van der Waals surface area contributed by atoms with Crippen LogP contribution in [0.15, 0.2) is 24.3 Å². The van der Waals surface area contributed by atoms with Crippen LogP contribution in [0.3, 0.4) is 0 Å². The average Bonchev–Trinajstić information content (AvgIpc) is 2.46. The van der Waals surface area contributed by atoms with Crippen molar-refractivity contribution in [2.45, 2.75) is 18.9 Å². The minimum absolute atomic E-state index is 0.0918. The van der Waals surface area contributed by atoms with E-state index in [0.717, 1.165) is 31.5 Å². The molecule has 1 fully saturated rings. The van der Waals surface area contributed by atoms with E-state index in [-0.39, 0.29) is 12.0 Å². The molecule has 1 amide bonds. The van der Waals surface area contributed by atoms with Crippen molar-refractivity contribution in [3.8, 4) is 0 Å². The van der Waals surface area contributed by atoms with Crippen LogP contribution >= 0.6 is 0 Å². The van der Waals surface area contributed by atoms with Gasteiger partial charge in [-0.25, -0.2) is 0 Å². The summed E-state index contributed by atoms with van der Waals surface area (Å²) in [5, 5.41) is 0. The van der Waals surface area contributed by atoms with Gasteiger partial charge >= 0.3 is 0 Å². The molecule has 1 saturated heterocycles. The number of carbonyl (C=O) groups is 1. The Morgan fingerprint density at radius 3 is 2.67 bits per heavy atom. The average molecular weight is 248 g/mol. The summed E-state index contributed by atoms with van der Waals surface area (Å²) in [7, 11) is 1.62. The van der Waals surface area contributed by atoms with E-state index in [2.05, 4.69) is 6.07 Å². The fourth-order valence-corrected chi connectivity index (χ4v) is 2.10. The summed E-state index contributed by atoms with van der Waals surface area (Å²) in [6, 6.07) is 10.1. The number of hydrogen-bond donors (Lipinski definition) is 0. The molecule has 1 aliphatic rings. The second kappa shape index (κ2) is 6.52. The summed E-state index contributed by atoms with van der Waals surface area (Å²) in [5.74, 6) is 0.0918. The van der Waals surface area contributed by atoms with Crippen LogP contribution in [0.5, 0.6) is 0 Å². The first-order valence-electron chi connectivity index (χ1n) is 6.17. The van der Waals surface area contributed by atoms with Crippen molar-refractivity contribution in [3.05, 3.63) is 35.9 Å². The Labute approximate surface area is 107 Å². The van der Waals surface area contributed by atoms with Gasteiger partial charge in [-0.1, -0.05) is 12.1 Å². The summed E-state index contributed by atoms with van der Waals surface area (Å²) in [4.78, 5) is 14.0. The highest BCUT2D eigenvalue weighted by Gasteiger charge is 2.23. The van der Waals surface area contributed by atoms with E-state index >= 15 is 0 Å². The fourth-order valence-electron chi connectivity index (χ4n) is 2.10. The van der Waals surface area contributed by atoms with Crippen molar-refractivity contribution in [2.24, 2.45) is 0 Å². The van der Waals surface area contributed by atoms with Crippen molar-refractivity contribution in [3.63, 3.8) is 0 Å². The number of piperidine rings is 1. The topological polar surface area (TPSA) is 38.8 Å². The number of rotatable bonds is 4. The Bertz CT molecular complexity index is 372. The summed E-state index contributed by atoms with van der Waals surface area (Å²) in [6.45, 7) is 1.81. The number of nitrogens with zero attached hydrogens (tertiary/aromatic N) is 1. The van der Waals surface area contributed by atoms with Gasteiger partial charge in [-0.15, -0.1) is 0 Å². The first-order chi connectivity index (χ1) is 8.81. The van der Waals surface area contributed by atoms with Crippen LogP contribution < -0.4 is 0 Å². The Kier molecular flexibility index (Phi) is 4.73. The number of amides is 1. The molecule has 0 atom stereocenters. The highest BCUT2D eigenvalue weighted by atomic mass is 16.7. The largest absolute Gasteiger partial charge is 0.359 e. The third kappa shape index (κ3) is 3.31. The molecule has 0 N–H and O–H groups in total. The highest BCUT2D eigenvalue weighted by Crippen LogP contribution is 2.16. The quantitative estimate of drug-likeness (QED) is 0.761. The van der Waals surface area contributed by atoms with E-state index < -0.39 is 0 Å². The predicted molar refractivity (Wildman–Crippen MR) is 67.2 cm³/mol. The van der Waals surface area contributed by atoms with Crippen molar-refractivity contribution >= 4 is 5.91 Å². The molecule has 0 aromatic heterocycles. The van der Waals surface area contributed by atoms with E-state index in [1.54, 1.807) is 31.4 Å². The Hall–Kier alpha value is -1.39. The summed E-state index contributed by atoms with van der Waals surface area (Å²) >= 11 is 0. The first-order valence-corrected chi connectivity index (χ1v) is 6.17. The van der Waals surface area contributed by atoms with Gasteiger partial charge in [0.1, 0.15) is 6.79 Å². The molecule has 0 bridgehead atoms. The predicted octanol–water partition coefficient (Wildman–Crippen LogP) is 1.71. The minimum atomic E-state index is 0.0918. The third-order valence-electron chi connectivity index (χ3n) is 3.12. The SMILES string of the molecule is COCOC1CCN(C(=O)c2cc[c]cc2)CC1. The first kappa shape index (κ1) is 13.1. The van der Waals surface area contributed by atoms with Crippen LogP contribution in [0.25, 0.3) is 0 Å². The fraction of sp³-hybridized carbons (Fsp3) is 0.500. The van der Waals surface area contributed by atoms with Gasteiger partial charge in [0.25, 0.3) is 5.91 Å². The maximum Gasteiger partial charge on any atom is 0.253 e. The number of ether oxygens (including phenoxy) is 2. The molecule has 1 aromatic carbocycles. The second-order valence-corrected chi connectivity index (χ2v) is 4.35. The molecular formula is C14H18NO3. The minimum Gasteiger partial charge on any atom is -0.359 e. The molecule has 97 valence electrons. The smallest absolute Gasteiger partial charge is 0.253 e. The van der Waals surface area contributed by atoms with E-state index in [9.17, 15) is 4.79 Å². The lowest BCUT2D eigenvalue weighted by Gasteiger charge is -2.31. The van der Waals surface area contributed by atoms with Crippen molar-refractivity contribution in [1.82, 2.24) is 4.90 Å². The lowest BCUT2D eigenvalue weighted by atomic mass is 10.1. The maximum absolute atomic E-state index is 12.2. The molecule has 0 saturated carbocycles. The molecule has 1 radical (unpaired) electrons. The number of likely N-dealkylation sites (tertiary alicyclic amines) is 1. The van der Waals surface area contributed by atoms with Gasteiger partial charge in [0.15, 0.2) is 0 Å². The van der Waals surface area contributed by atoms with E-state index in [1.807, 2.05) is 4.90 Å². The molecular weight excluding hydrogens is 230 g/mol. The van der Waals surface area contributed by atoms with Crippen LogP contribution in [0.4, 0.5) is 0 Å². The Morgan fingerprint density at radius 1 is 1.39 bits per heavy atom. The third-order valence-corrected chi connectivity index (χ3v) is 3.12. The van der Waals surface area contributed by atoms with Gasteiger partial charge in [-0.05, 0) is 31.0 Å². The molecule has 0 spiro atoms. The molecule has 18 heavy (non-hydrogen) atoms. The van der Waals surface area contributed by atoms with E-state index in [1.165, 1.54) is 0 Å². The zero-order valence-electron chi connectivity index (χ0n) is 10.6. The van der Waals surface area contributed by atoms with Crippen LogP contribution in [-0.2, 0) is 9.47 Å². The zero-order chi connectivity index (χ0) is 12.8. The van der Waals surface area contributed by atoms with Gasteiger partial charge in [0.2, 0.25) is 0 Å².